The number of morpholine rings is 1. The van der Waals surface area contributed by atoms with Crippen LogP contribution in [-0.4, -0.2) is 43.3 Å². The van der Waals surface area contributed by atoms with E-state index in [1.54, 1.807) is 0 Å². The zero-order valence-electron chi connectivity index (χ0n) is 9.92. The molecule has 1 heterocycles. The van der Waals surface area contributed by atoms with Gasteiger partial charge in [-0.2, -0.15) is 0 Å². The third kappa shape index (κ3) is 2.69. The molecule has 1 saturated heterocycles. The molecular formula is C11H24N2O. The SMILES string of the molecule is CC1COCCN1C(CN)C(C)(C)C. The molecule has 0 bridgehead atoms. The van der Waals surface area contributed by atoms with Gasteiger partial charge in [0.05, 0.1) is 13.2 Å². The summed E-state index contributed by atoms with van der Waals surface area (Å²) < 4.78 is 5.44. The van der Waals surface area contributed by atoms with Crippen LogP contribution in [0.3, 0.4) is 0 Å². The smallest absolute Gasteiger partial charge is 0.0619 e. The minimum absolute atomic E-state index is 0.250. The van der Waals surface area contributed by atoms with Gasteiger partial charge in [0.15, 0.2) is 0 Å². The van der Waals surface area contributed by atoms with E-state index in [1.807, 2.05) is 0 Å². The molecule has 1 rings (SSSR count). The number of nitrogens with two attached hydrogens (primary N) is 1. The van der Waals surface area contributed by atoms with Gasteiger partial charge < -0.3 is 10.5 Å². The van der Waals surface area contributed by atoms with Crippen molar-refractivity contribution in [3.63, 3.8) is 0 Å². The molecule has 1 aliphatic rings. The second-order valence-corrected chi connectivity index (χ2v) is 5.28. The van der Waals surface area contributed by atoms with Crippen LogP contribution in [0.4, 0.5) is 0 Å². The van der Waals surface area contributed by atoms with Gasteiger partial charge in [0.1, 0.15) is 0 Å². The van der Waals surface area contributed by atoms with E-state index >= 15 is 0 Å². The van der Waals surface area contributed by atoms with Gasteiger partial charge in [-0.1, -0.05) is 20.8 Å². The Labute approximate surface area is 87.6 Å². The van der Waals surface area contributed by atoms with Crippen LogP contribution in [0.1, 0.15) is 27.7 Å². The summed E-state index contributed by atoms with van der Waals surface area (Å²) in [6.45, 7) is 12.4. The third-order valence-electron chi connectivity index (χ3n) is 3.04. The molecule has 1 fully saturated rings. The summed E-state index contributed by atoms with van der Waals surface area (Å²) in [6.07, 6.45) is 0. The molecular weight excluding hydrogens is 176 g/mol. The summed E-state index contributed by atoms with van der Waals surface area (Å²) in [5.74, 6) is 0. The third-order valence-corrected chi connectivity index (χ3v) is 3.04. The van der Waals surface area contributed by atoms with Crippen molar-refractivity contribution >= 4 is 0 Å². The van der Waals surface area contributed by atoms with Gasteiger partial charge in [0, 0.05) is 25.2 Å². The quantitative estimate of drug-likeness (QED) is 0.725. The fourth-order valence-electron chi connectivity index (χ4n) is 2.19. The Balaban J connectivity index is 2.67. The summed E-state index contributed by atoms with van der Waals surface area (Å²) >= 11 is 0. The lowest BCUT2D eigenvalue weighted by atomic mass is 9.85. The molecule has 3 heteroatoms. The first-order valence-corrected chi connectivity index (χ1v) is 5.50. The largest absolute Gasteiger partial charge is 0.379 e. The molecule has 0 aromatic rings. The van der Waals surface area contributed by atoms with Crippen LogP contribution in [0, 0.1) is 5.41 Å². The number of hydrogen-bond acceptors (Lipinski definition) is 3. The fraction of sp³-hybridized carbons (Fsp3) is 1.00. The first-order chi connectivity index (χ1) is 6.46. The molecule has 0 amide bonds. The Morgan fingerprint density at radius 1 is 1.50 bits per heavy atom. The first kappa shape index (κ1) is 12.0. The predicted molar refractivity (Wildman–Crippen MR) is 59.3 cm³/mol. The average molecular weight is 200 g/mol. The van der Waals surface area contributed by atoms with E-state index in [4.69, 9.17) is 10.5 Å². The lowest BCUT2D eigenvalue weighted by molar-refractivity contribution is -0.0434. The standard InChI is InChI=1S/C11H24N2O/c1-9-8-14-6-5-13(9)10(7-12)11(2,3)4/h9-10H,5-8,12H2,1-4H3. The van der Waals surface area contributed by atoms with Crippen molar-refractivity contribution in [1.82, 2.24) is 4.90 Å². The number of nitrogens with zero attached hydrogens (tertiary/aromatic N) is 1. The molecule has 0 aromatic heterocycles. The lowest BCUT2D eigenvalue weighted by Gasteiger charge is -2.44. The fourth-order valence-corrected chi connectivity index (χ4v) is 2.19. The Hall–Kier alpha value is -0.120. The summed E-state index contributed by atoms with van der Waals surface area (Å²) in [6, 6.07) is 0.956. The van der Waals surface area contributed by atoms with Crippen LogP contribution >= 0.6 is 0 Å². The summed E-state index contributed by atoms with van der Waals surface area (Å²) in [7, 11) is 0. The highest BCUT2D eigenvalue weighted by Gasteiger charge is 2.33. The highest BCUT2D eigenvalue weighted by molar-refractivity contribution is 4.87. The molecule has 1 aliphatic heterocycles. The minimum Gasteiger partial charge on any atom is -0.379 e. The van der Waals surface area contributed by atoms with Crippen LogP contribution in [0.25, 0.3) is 0 Å². The first-order valence-electron chi connectivity index (χ1n) is 5.50. The molecule has 0 radical (unpaired) electrons. The van der Waals surface area contributed by atoms with Crippen LogP contribution in [0.15, 0.2) is 0 Å². The van der Waals surface area contributed by atoms with Crippen LogP contribution in [0.2, 0.25) is 0 Å². The minimum atomic E-state index is 0.250. The van der Waals surface area contributed by atoms with Gasteiger partial charge in [0.2, 0.25) is 0 Å². The summed E-state index contributed by atoms with van der Waals surface area (Å²) in [5, 5.41) is 0. The number of rotatable bonds is 2. The van der Waals surface area contributed by atoms with Gasteiger partial charge >= 0.3 is 0 Å². The Morgan fingerprint density at radius 2 is 2.14 bits per heavy atom. The maximum absolute atomic E-state index is 5.87. The molecule has 2 unspecified atom stereocenters. The monoisotopic (exact) mass is 200 g/mol. The van der Waals surface area contributed by atoms with Gasteiger partial charge in [-0.25, -0.2) is 0 Å². The molecule has 0 saturated carbocycles. The predicted octanol–water partition coefficient (Wildman–Crippen LogP) is 1.08. The zero-order valence-corrected chi connectivity index (χ0v) is 9.92. The van der Waals surface area contributed by atoms with Crippen molar-refractivity contribution in [2.24, 2.45) is 11.1 Å². The molecule has 0 spiro atoms. The lowest BCUT2D eigenvalue weighted by Crippen LogP contribution is -2.56. The van der Waals surface area contributed by atoms with Crippen LogP contribution in [0.5, 0.6) is 0 Å². The van der Waals surface area contributed by atoms with Crippen molar-refractivity contribution in [2.45, 2.75) is 39.8 Å². The highest BCUT2D eigenvalue weighted by atomic mass is 16.5. The second kappa shape index (κ2) is 4.60. The van der Waals surface area contributed by atoms with Crippen molar-refractivity contribution in [3.05, 3.63) is 0 Å². The van der Waals surface area contributed by atoms with Crippen molar-refractivity contribution in [3.8, 4) is 0 Å². The summed E-state index contributed by atoms with van der Waals surface area (Å²) in [5.41, 5.74) is 6.12. The Kier molecular flexibility index (Phi) is 3.93. The molecule has 0 aliphatic carbocycles. The Morgan fingerprint density at radius 3 is 2.57 bits per heavy atom. The Bertz CT molecular complexity index is 177. The van der Waals surface area contributed by atoms with E-state index < -0.39 is 0 Å². The van der Waals surface area contributed by atoms with E-state index in [2.05, 4.69) is 32.6 Å². The average Bonchev–Trinajstić information content (AvgIpc) is 2.07. The van der Waals surface area contributed by atoms with Crippen LogP contribution in [-0.2, 0) is 4.74 Å². The molecule has 0 aromatic carbocycles. The van der Waals surface area contributed by atoms with Crippen LogP contribution < -0.4 is 5.73 Å². The molecule has 14 heavy (non-hydrogen) atoms. The van der Waals surface area contributed by atoms with Crippen molar-refractivity contribution < 1.29 is 4.74 Å². The molecule has 3 nitrogen and oxygen atoms in total. The number of ether oxygens (including phenoxy) is 1. The van der Waals surface area contributed by atoms with E-state index in [-0.39, 0.29) is 5.41 Å². The zero-order chi connectivity index (χ0) is 10.8. The van der Waals surface area contributed by atoms with Gasteiger partial charge in [-0.15, -0.1) is 0 Å². The normalized spacial score (nSPS) is 27.6. The van der Waals surface area contributed by atoms with Crippen molar-refractivity contribution in [1.29, 1.82) is 0 Å². The molecule has 2 atom stereocenters. The van der Waals surface area contributed by atoms with E-state index in [0.717, 1.165) is 26.3 Å². The topological polar surface area (TPSA) is 38.5 Å². The highest BCUT2D eigenvalue weighted by Crippen LogP contribution is 2.26. The molecule has 2 N–H and O–H groups in total. The summed E-state index contributed by atoms with van der Waals surface area (Å²) in [4.78, 5) is 2.49. The van der Waals surface area contributed by atoms with Gasteiger partial charge in [-0.3, -0.25) is 4.90 Å². The van der Waals surface area contributed by atoms with Gasteiger partial charge in [-0.05, 0) is 12.3 Å². The van der Waals surface area contributed by atoms with E-state index in [0.29, 0.717) is 12.1 Å². The maximum Gasteiger partial charge on any atom is 0.0619 e. The second-order valence-electron chi connectivity index (χ2n) is 5.28. The molecule has 84 valence electrons. The van der Waals surface area contributed by atoms with E-state index in [9.17, 15) is 0 Å². The van der Waals surface area contributed by atoms with E-state index in [1.165, 1.54) is 0 Å². The number of hydrogen-bond donors (Lipinski definition) is 1. The van der Waals surface area contributed by atoms with Crippen molar-refractivity contribution in [2.75, 3.05) is 26.3 Å². The van der Waals surface area contributed by atoms with Gasteiger partial charge in [0.25, 0.3) is 0 Å². The maximum atomic E-state index is 5.87.